The second-order valence-corrected chi connectivity index (χ2v) is 9.31. The maximum Gasteiger partial charge on any atom is 0.270 e. The first-order valence-corrected chi connectivity index (χ1v) is 13.0. The molecule has 0 bridgehead atoms. The van der Waals surface area contributed by atoms with Crippen molar-refractivity contribution in [1.82, 2.24) is 14.6 Å². The number of ether oxygens (including phenoxy) is 4. The highest BCUT2D eigenvalue weighted by atomic mass is 32.1. The Bertz CT molecular complexity index is 1330. The maximum atomic E-state index is 14.0. The fraction of sp³-hybridized carbons (Fsp3) is 0.333. The van der Waals surface area contributed by atoms with Crippen LogP contribution in [-0.2, 0) is 16.0 Å². The molecule has 0 saturated heterocycles. The Hall–Kier alpha value is -4.36. The summed E-state index contributed by atoms with van der Waals surface area (Å²) in [7, 11) is 6.13. The van der Waals surface area contributed by atoms with Crippen molar-refractivity contribution in [3.05, 3.63) is 64.2 Å². The average molecular weight is 572 g/mol. The minimum absolute atomic E-state index is 0.00400. The van der Waals surface area contributed by atoms with E-state index < -0.39 is 23.8 Å². The Morgan fingerprint density at radius 2 is 1.70 bits per heavy atom. The van der Waals surface area contributed by atoms with Gasteiger partial charge in [-0.1, -0.05) is 18.2 Å². The van der Waals surface area contributed by atoms with Crippen LogP contribution in [0.25, 0.3) is 0 Å². The maximum absolute atomic E-state index is 14.0. The predicted molar refractivity (Wildman–Crippen MR) is 150 cm³/mol. The van der Waals surface area contributed by atoms with Gasteiger partial charge < -0.3 is 40.6 Å². The second kappa shape index (κ2) is 14.1. The average Bonchev–Trinajstić information content (AvgIpc) is 3.36. The first-order valence-electron chi connectivity index (χ1n) is 12.2. The lowest BCUT2D eigenvalue weighted by atomic mass is 10.0. The molecule has 3 rings (SSSR count). The molecule has 0 saturated carbocycles. The van der Waals surface area contributed by atoms with Crippen LogP contribution in [0.2, 0.25) is 0 Å². The van der Waals surface area contributed by atoms with Gasteiger partial charge in [-0.15, -0.1) is 0 Å². The Morgan fingerprint density at radius 1 is 1.00 bits per heavy atom. The van der Waals surface area contributed by atoms with Crippen LogP contribution >= 0.6 is 11.5 Å². The Labute approximate surface area is 236 Å². The first kappa shape index (κ1) is 30.2. The first-order chi connectivity index (χ1) is 19.2. The fourth-order valence-electron chi connectivity index (χ4n) is 4.03. The van der Waals surface area contributed by atoms with Crippen molar-refractivity contribution in [2.75, 3.05) is 53.9 Å². The molecule has 12 nitrogen and oxygen atoms in total. The summed E-state index contributed by atoms with van der Waals surface area (Å²) < 4.78 is 25.0. The molecule has 13 heteroatoms. The van der Waals surface area contributed by atoms with E-state index in [2.05, 4.69) is 9.69 Å². The number of amides is 3. The third-order valence-electron chi connectivity index (χ3n) is 6.10. The molecule has 2 aromatic carbocycles. The van der Waals surface area contributed by atoms with Crippen molar-refractivity contribution in [2.45, 2.75) is 12.5 Å². The quantitative estimate of drug-likeness (QED) is 0.245. The van der Waals surface area contributed by atoms with Crippen LogP contribution in [0.5, 0.6) is 17.2 Å². The molecule has 0 aliphatic rings. The van der Waals surface area contributed by atoms with Gasteiger partial charge in [0.05, 0.1) is 33.6 Å². The van der Waals surface area contributed by atoms with Crippen molar-refractivity contribution in [2.24, 2.45) is 5.73 Å². The topological polar surface area (TPSA) is 168 Å². The number of nitrogens with zero attached hydrogens (tertiary/aromatic N) is 2. The van der Waals surface area contributed by atoms with Crippen LogP contribution in [0.15, 0.2) is 42.5 Å². The zero-order chi connectivity index (χ0) is 29.2. The zero-order valence-corrected chi connectivity index (χ0v) is 23.6. The molecule has 0 aliphatic heterocycles. The molecule has 1 heterocycles. The number of primary amides is 1. The van der Waals surface area contributed by atoms with Crippen LogP contribution in [0.3, 0.4) is 0 Å². The molecule has 1 atom stereocenters. The standard InChI is InChI=1S/C27H33N5O7S/c1-36-14-12-30-26(34)23(17-6-8-18(37-2)9-7-17)32(27(35)24-21(28)22(25(29)33)31-40-24)13-11-16-5-10-19(38-3)20(15-16)39-4/h5-10,15,23H,11-14,28H2,1-4H3,(H2,29,33)(H,30,34)/t23-/m1/s1. The summed E-state index contributed by atoms with van der Waals surface area (Å²) in [5.74, 6) is -0.187. The van der Waals surface area contributed by atoms with Crippen molar-refractivity contribution >= 4 is 34.9 Å². The largest absolute Gasteiger partial charge is 0.497 e. The van der Waals surface area contributed by atoms with E-state index in [0.29, 0.717) is 29.2 Å². The molecule has 0 unspecified atom stereocenters. The molecule has 0 spiro atoms. The monoisotopic (exact) mass is 571 g/mol. The van der Waals surface area contributed by atoms with Crippen molar-refractivity contribution in [3.63, 3.8) is 0 Å². The van der Waals surface area contributed by atoms with E-state index in [1.54, 1.807) is 43.5 Å². The minimum atomic E-state index is -1.06. The Balaban J connectivity index is 2.07. The normalized spacial score (nSPS) is 11.4. The van der Waals surface area contributed by atoms with Gasteiger partial charge >= 0.3 is 0 Å². The van der Waals surface area contributed by atoms with Gasteiger partial charge in [-0.05, 0) is 53.3 Å². The number of methoxy groups -OCH3 is 4. The summed E-state index contributed by atoms with van der Waals surface area (Å²) in [4.78, 5) is 40.8. The van der Waals surface area contributed by atoms with Crippen LogP contribution in [0.4, 0.5) is 5.69 Å². The van der Waals surface area contributed by atoms with Crippen LogP contribution in [-0.4, -0.2) is 75.1 Å². The van der Waals surface area contributed by atoms with Crippen LogP contribution < -0.4 is 31.0 Å². The predicted octanol–water partition coefficient (Wildman–Crippen LogP) is 2.04. The van der Waals surface area contributed by atoms with Gasteiger partial charge in [-0.2, -0.15) is 4.37 Å². The van der Waals surface area contributed by atoms with E-state index in [1.165, 1.54) is 26.2 Å². The molecular weight excluding hydrogens is 538 g/mol. The Morgan fingerprint density at radius 3 is 2.27 bits per heavy atom. The highest BCUT2D eigenvalue weighted by Gasteiger charge is 2.34. The SMILES string of the molecule is COCCNC(=O)[C@@H](c1ccc(OC)cc1)N(CCc1ccc(OC)c(OC)c1)C(=O)c1snc(C(N)=O)c1N. The van der Waals surface area contributed by atoms with Gasteiger partial charge in [0.15, 0.2) is 17.2 Å². The highest BCUT2D eigenvalue weighted by molar-refractivity contribution is 7.09. The minimum Gasteiger partial charge on any atom is -0.497 e. The number of aromatic nitrogens is 1. The van der Waals surface area contributed by atoms with Gasteiger partial charge in [-0.3, -0.25) is 14.4 Å². The van der Waals surface area contributed by atoms with Crippen molar-refractivity contribution < 1.29 is 33.3 Å². The van der Waals surface area contributed by atoms with Crippen LogP contribution in [0, 0.1) is 0 Å². The molecular formula is C27H33N5O7S. The summed E-state index contributed by atoms with van der Waals surface area (Å²) in [6, 6.07) is 11.2. The van der Waals surface area contributed by atoms with E-state index in [9.17, 15) is 14.4 Å². The van der Waals surface area contributed by atoms with E-state index in [0.717, 1.165) is 17.1 Å². The number of carbonyl (C=O) groups is 3. The third kappa shape index (κ3) is 6.98. The van der Waals surface area contributed by atoms with Gasteiger partial charge in [0.1, 0.15) is 16.7 Å². The molecule has 5 N–H and O–H groups in total. The van der Waals surface area contributed by atoms with Crippen molar-refractivity contribution in [3.8, 4) is 17.2 Å². The number of anilines is 1. The van der Waals surface area contributed by atoms with Crippen molar-refractivity contribution in [1.29, 1.82) is 0 Å². The lowest BCUT2D eigenvalue weighted by Crippen LogP contribution is -2.45. The molecule has 0 fully saturated rings. The van der Waals surface area contributed by atoms with E-state index >= 15 is 0 Å². The number of rotatable bonds is 14. The molecule has 3 aromatic rings. The summed E-state index contributed by atoms with van der Waals surface area (Å²) in [6.07, 6.45) is 0.353. The Kier molecular flexibility index (Phi) is 10.7. The number of hydrogen-bond donors (Lipinski definition) is 3. The number of nitrogen functional groups attached to an aromatic ring is 1. The van der Waals surface area contributed by atoms with Gasteiger partial charge in [0.2, 0.25) is 5.91 Å². The fourth-order valence-corrected chi connectivity index (χ4v) is 4.79. The molecule has 1 aromatic heterocycles. The smallest absolute Gasteiger partial charge is 0.270 e. The van der Waals surface area contributed by atoms with Gasteiger partial charge in [0, 0.05) is 20.2 Å². The summed E-state index contributed by atoms with van der Waals surface area (Å²) in [6.45, 7) is 0.616. The number of hydrogen-bond acceptors (Lipinski definition) is 10. The summed E-state index contributed by atoms with van der Waals surface area (Å²) in [5.41, 5.74) is 12.5. The number of benzene rings is 2. The summed E-state index contributed by atoms with van der Waals surface area (Å²) >= 11 is 0.750. The van der Waals surface area contributed by atoms with E-state index in [4.69, 9.17) is 30.4 Å². The van der Waals surface area contributed by atoms with Gasteiger partial charge in [0.25, 0.3) is 11.8 Å². The highest BCUT2D eigenvalue weighted by Crippen LogP contribution is 2.31. The lowest BCUT2D eigenvalue weighted by molar-refractivity contribution is -0.126. The number of nitrogens with two attached hydrogens (primary N) is 2. The lowest BCUT2D eigenvalue weighted by Gasteiger charge is -2.31. The zero-order valence-electron chi connectivity index (χ0n) is 22.8. The number of nitrogens with one attached hydrogen (secondary N) is 1. The molecule has 214 valence electrons. The molecule has 0 aliphatic carbocycles. The van der Waals surface area contributed by atoms with Gasteiger partial charge in [-0.25, -0.2) is 0 Å². The molecule has 3 amide bonds. The second-order valence-electron chi connectivity index (χ2n) is 8.54. The molecule has 0 radical (unpaired) electrons. The third-order valence-corrected chi connectivity index (χ3v) is 6.95. The summed E-state index contributed by atoms with van der Waals surface area (Å²) in [5, 5.41) is 2.82. The van der Waals surface area contributed by atoms with Crippen LogP contribution in [0.1, 0.15) is 37.3 Å². The molecule has 40 heavy (non-hydrogen) atoms. The number of carbonyl (C=O) groups excluding carboxylic acids is 3. The van der Waals surface area contributed by atoms with E-state index in [1.807, 2.05) is 6.07 Å². The van der Waals surface area contributed by atoms with E-state index in [-0.39, 0.29) is 36.0 Å².